The molecule has 0 fully saturated rings. The van der Waals surface area contributed by atoms with Gasteiger partial charge in [0.15, 0.2) is 0 Å². The van der Waals surface area contributed by atoms with Gasteiger partial charge in [0.25, 0.3) is 0 Å². The highest BCUT2D eigenvalue weighted by Crippen LogP contribution is 2.36. The van der Waals surface area contributed by atoms with Crippen molar-refractivity contribution in [1.82, 2.24) is 0 Å². The van der Waals surface area contributed by atoms with E-state index in [0.29, 0.717) is 0 Å². The van der Waals surface area contributed by atoms with E-state index in [-0.39, 0.29) is 16.1 Å². The summed E-state index contributed by atoms with van der Waals surface area (Å²) in [5.74, 6) is 0. The smallest absolute Gasteiger partial charge is 0.0833 e. The van der Waals surface area contributed by atoms with Crippen LogP contribution in [0.2, 0.25) is 0 Å². The van der Waals surface area contributed by atoms with Crippen molar-refractivity contribution in [3.63, 3.8) is 0 Å². The fourth-order valence-corrected chi connectivity index (χ4v) is 4.66. The molecule has 1 aliphatic rings. The van der Waals surface area contributed by atoms with E-state index in [9.17, 15) is 4.21 Å². The molecule has 0 saturated heterocycles. The van der Waals surface area contributed by atoms with Crippen LogP contribution in [-0.2, 0) is 21.6 Å². The van der Waals surface area contributed by atoms with Gasteiger partial charge in [-0.15, -0.1) is 0 Å². The molecular formula is C25H30OS. The molecule has 0 radical (unpaired) electrons. The maximum Gasteiger partial charge on any atom is 0.0833 e. The molecule has 0 heterocycles. The van der Waals surface area contributed by atoms with E-state index < -0.39 is 10.8 Å². The first kappa shape index (κ1) is 19.8. The number of allylic oxidation sites excluding steroid dienone is 2. The highest BCUT2D eigenvalue weighted by atomic mass is 32.2. The summed E-state index contributed by atoms with van der Waals surface area (Å²) in [7, 11) is -1.10. The zero-order valence-electron chi connectivity index (χ0n) is 17.2. The van der Waals surface area contributed by atoms with Crippen molar-refractivity contribution >= 4 is 16.4 Å². The second kappa shape index (κ2) is 7.24. The second-order valence-corrected chi connectivity index (χ2v) is 10.9. The lowest BCUT2D eigenvalue weighted by atomic mass is 9.79. The SMILES string of the molecule is CC(C)(C)c1cc(C2=CC=CC2[S@@](=O)c2ccccc2)cc(C(C)(C)C)c1. The number of hydrogen-bond donors (Lipinski definition) is 0. The van der Waals surface area contributed by atoms with Gasteiger partial charge in [0, 0.05) is 4.90 Å². The first-order valence-electron chi connectivity index (χ1n) is 9.58. The van der Waals surface area contributed by atoms with E-state index >= 15 is 0 Å². The quantitative estimate of drug-likeness (QED) is 0.603. The first-order chi connectivity index (χ1) is 12.6. The number of benzene rings is 2. The molecule has 27 heavy (non-hydrogen) atoms. The molecule has 0 aromatic heterocycles. The molecule has 0 amide bonds. The van der Waals surface area contributed by atoms with Gasteiger partial charge in [0.1, 0.15) is 0 Å². The minimum Gasteiger partial charge on any atom is -0.253 e. The molecule has 0 saturated carbocycles. The van der Waals surface area contributed by atoms with Gasteiger partial charge < -0.3 is 0 Å². The van der Waals surface area contributed by atoms with Gasteiger partial charge in [-0.1, -0.05) is 96.2 Å². The Hall–Kier alpha value is -1.93. The Balaban J connectivity index is 2.06. The molecule has 3 rings (SSSR count). The lowest BCUT2D eigenvalue weighted by Gasteiger charge is -2.27. The lowest BCUT2D eigenvalue weighted by molar-refractivity contribution is 0.568. The lowest BCUT2D eigenvalue weighted by Crippen LogP contribution is -2.18. The second-order valence-electron chi connectivity index (χ2n) is 9.34. The van der Waals surface area contributed by atoms with Gasteiger partial charge >= 0.3 is 0 Å². The zero-order valence-corrected chi connectivity index (χ0v) is 18.1. The maximum absolute atomic E-state index is 13.2. The fourth-order valence-electron chi connectivity index (χ4n) is 3.27. The van der Waals surface area contributed by atoms with Crippen LogP contribution < -0.4 is 0 Å². The third kappa shape index (κ3) is 4.32. The minimum atomic E-state index is -1.10. The molecule has 0 aliphatic heterocycles. The van der Waals surface area contributed by atoms with Gasteiger partial charge in [-0.3, -0.25) is 4.21 Å². The van der Waals surface area contributed by atoms with Crippen molar-refractivity contribution in [2.75, 3.05) is 0 Å². The third-order valence-electron chi connectivity index (χ3n) is 5.07. The maximum atomic E-state index is 13.2. The highest BCUT2D eigenvalue weighted by molar-refractivity contribution is 7.86. The average molecular weight is 379 g/mol. The summed E-state index contributed by atoms with van der Waals surface area (Å²) in [4.78, 5) is 0.878. The van der Waals surface area contributed by atoms with Gasteiger partial charge in [-0.25, -0.2) is 0 Å². The third-order valence-corrected chi connectivity index (χ3v) is 6.68. The predicted molar refractivity (Wildman–Crippen MR) is 118 cm³/mol. The van der Waals surface area contributed by atoms with E-state index in [1.54, 1.807) is 0 Å². The molecule has 2 heteroatoms. The first-order valence-corrected chi connectivity index (χ1v) is 10.8. The van der Waals surface area contributed by atoms with Gasteiger partial charge in [-0.05, 0) is 45.2 Å². The van der Waals surface area contributed by atoms with Crippen LogP contribution in [0.1, 0.15) is 58.2 Å². The summed E-state index contributed by atoms with van der Waals surface area (Å²) < 4.78 is 13.2. The Morgan fingerprint density at radius 3 is 1.89 bits per heavy atom. The molecule has 1 unspecified atom stereocenters. The molecule has 0 bridgehead atoms. The molecule has 1 nitrogen and oxygen atoms in total. The Bertz CT molecular complexity index is 873. The van der Waals surface area contributed by atoms with Crippen LogP contribution in [0.15, 0.2) is 71.7 Å². The summed E-state index contributed by atoms with van der Waals surface area (Å²) in [6, 6.07) is 16.7. The highest BCUT2D eigenvalue weighted by Gasteiger charge is 2.27. The van der Waals surface area contributed by atoms with Crippen LogP contribution in [0, 0.1) is 0 Å². The standard InChI is InChI=1S/C25H30OS/c1-24(2,3)19-15-18(16-20(17-19)25(4,5)6)22-13-10-14-23(22)27(26)21-11-8-7-9-12-21/h7-17,23H,1-6H3/t23?,27-/m0/s1. The molecule has 142 valence electrons. The van der Waals surface area contributed by atoms with Gasteiger partial charge in [0.2, 0.25) is 0 Å². The molecule has 0 N–H and O–H groups in total. The topological polar surface area (TPSA) is 17.1 Å². The summed E-state index contributed by atoms with van der Waals surface area (Å²) in [6.07, 6.45) is 6.24. The summed E-state index contributed by atoms with van der Waals surface area (Å²) in [5, 5.41) is -0.101. The van der Waals surface area contributed by atoms with Crippen LogP contribution in [-0.4, -0.2) is 9.46 Å². The van der Waals surface area contributed by atoms with E-state index in [0.717, 1.165) is 10.5 Å². The average Bonchev–Trinajstić information content (AvgIpc) is 3.09. The van der Waals surface area contributed by atoms with Crippen molar-refractivity contribution in [3.05, 3.63) is 83.4 Å². The number of hydrogen-bond acceptors (Lipinski definition) is 1. The van der Waals surface area contributed by atoms with Crippen molar-refractivity contribution in [3.8, 4) is 0 Å². The van der Waals surface area contributed by atoms with E-state index in [4.69, 9.17) is 0 Å². The van der Waals surface area contributed by atoms with Crippen LogP contribution in [0.4, 0.5) is 0 Å². The monoisotopic (exact) mass is 378 g/mol. The summed E-state index contributed by atoms with van der Waals surface area (Å²) >= 11 is 0. The normalized spacial score (nSPS) is 18.4. The van der Waals surface area contributed by atoms with Gasteiger partial charge in [0.05, 0.1) is 16.0 Å². The van der Waals surface area contributed by atoms with Crippen LogP contribution in [0.5, 0.6) is 0 Å². The van der Waals surface area contributed by atoms with Crippen LogP contribution >= 0.6 is 0 Å². The van der Waals surface area contributed by atoms with Crippen LogP contribution in [0.25, 0.3) is 5.57 Å². The Labute approximate surface area is 166 Å². The molecule has 1 aliphatic carbocycles. The molecule has 2 aromatic carbocycles. The molecular weight excluding hydrogens is 348 g/mol. The van der Waals surface area contributed by atoms with Crippen molar-refractivity contribution in [2.45, 2.75) is 62.5 Å². The fraction of sp³-hybridized carbons (Fsp3) is 0.360. The van der Waals surface area contributed by atoms with Crippen molar-refractivity contribution in [1.29, 1.82) is 0 Å². The van der Waals surface area contributed by atoms with Gasteiger partial charge in [-0.2, -0.15) is 0 Å². The minimum absolute atomic E-state index is 0.0662. The molecule has 2 atom stereocenters. The molecule has 0 spiro atoms. The Morgan fingerprint density at radius 2 is 1.37 bits per heavy atom. The largest absolute Gasteiger partial charge is 0.253 e. The predicted octanol–water partition coefficient (Wildman–Crippen LogP) is 6.41. The van der Waals surface area contributed by atoms with Crippen molar-refractivity contribution in [2.24, 2.45) is 0 Å². The Morgan fingerprint density at radius 1 is 0.815 bits per heavy atom. The Kier molecular flexibility index (Phi) is 5.31. The summed E-state index contributed by atoms with van der Waals surface area (Å²) in [5.41, 5.74) is 5.11. The summed E-state index contributed by atoms with van der Waals surface area (Å²) in [6.45, 7) is 13.5. The van der Waals surface area contributed by atoms with E-state index in [1.807, 2.05) is 36.4 Å². The zero-order chi connectivity index (χ0) is 19.8. The van der Waals surface area contributed by atoms with Crippen molar-refractivity contribution < 1.29 is 4.21 Å². The molecule has 2 aromatic rings. The van der Waals surface area contributed by atoms with Crippen LogP contribution in [0.3, 0.4) is 0 Å². The number of rotatable bonds is 3. The van der Waals surface area contributed by atoms with E-state index in [1.165, 1.54) is 16.7 Å². The van der Waals surface area contributed by atoms with E-state index in [2.05, 4.69) is 71.9 Å².